The van der Waals surface area contributed by atoms with E-state index in [2.05, 4.69) is 47.2 Å². The van der Waals surface area contributed by atoms with Gasteiger partial charge in [-0.3, -0.25) is 14.9 Å². The Bertz CT molecular complexity index is 967. The number of carbonyl (C=O) groups excluding carboxylic acids is 3. The first-order valence-corrected chi connectivity index (χ1v) is 10.3. The average molecular weight is 406 g/mol. The molecule has 30 heavy (non-hydrogen) atoms. The second-order valence-electron chi connectivity index (χ2n) is 8.16. The SMILES string of the molecule is CC(C)c1ccc([C@@H](NC(=O)C2CC2)c2ccccc2NC2NC(=O)NC2=O)cc1. The van der Waals surface area contributed by atoms with E-state index in [1.165, 1.54) is 5.56 Å². The zero-order valence-electron chi connectivity index (χ0n) is 17.1. The Morgan fingerprint density at radius 3 is 2.27 bits per heavy atom. The Kier molecular flexibility index (Phi) is 5.44. The fourth-order valence-electron chi connectivity index (χ4n) is 3.57. The Hall–Kier alpha value is -3.35. The molecular weight excluding hydrogens is 380 g/mol. The number of benzene rings is 2. The third kappa shape index (κ3) is 4.30. The zero-order chi connectivity index (χ0) is 21.3. The van der Waals surface area contributed by atoms with E-state index in [0.29, 0.717) is 11.6 Å². The summed E-state index contributed by atoms with van der Waals surface area (Å²) in [6, 6.07) is 14.8. The molecule has 2 aliphatic rings. The highest BCUT2D eigenvalue weighted by Gasteiger charge is 2.33. The molecule has 1 aliphatic carbocycles. The van der Waals surface area contributed by atoms with Crippen LogP contribution in [0.4, 0.5) is 10.5 Å². The maximum absolute atomic E-state index is 12.6. The molecular formula is C23H26N4O3. The van der Waals surface area contributed by atoms with E-state index < -0.39 is 18.1 Å². The highest BCUT2D eigenvalue weighted by molar-refractivity contribution is 6.05. The van der Waals surface area contributed by atoms with Crippen LogP contribution in [0.25, 0.3) is 0 Å². The number of imide groups is 1. The molecule has 1 saturated carbocycles. The summed E-state index contributed by atoms with van der Waals surface area (Å²) in [4.78, 5) is 36.1. The van der Waals surface area contributed by atoms with Crippen LogP contribution in [0.15, 0.2) is 48.5 Å². The van der Waals surface area contributed by atoms with E-state index in [0.717, 1.165) is 24.0 Å². The van der Waals surface area contributed by atoms with Gasteiger partial charge in [-0.05, 0) is 36.0 Å². The monoisotopic (exact) mass is 406 g/mol. The smallest absolute Gasteiger partial charge is 0.323 e. The molecule has 7 heteroatoms. The summed E-state index contributed by atoms with van der Waals surface area (Å²) >= 11 is 0. The Balaban J connectivity index is 1.67. The second-order valence-corrected chi connectivity index (χ2v) is 8.16. The van der Waals surface area contributed by atoms with Crippen molar-refractivity contribution in [3.8, 4) is 0 Å². The number of rotatable bonds is 7. The molecule has 2 aromatic rings. The number of hydrogen-bond donors (Lipinski definition) is 4. The van der Waals surface area contributed by atoms with Crippen molar-refractivity contribution in [1.29, 1.82) is 0 Å². The molecule has 2 fully saturated rings. The predicted molar refractivity (Wildman–Crippen MR) is 114 cm³/mol. The van der Waals surface area contributed by atoms with Gasteiger partial charge in [0.05, 0.1) is 6.04 Å². The number of carbonyl (C=O) groups is 3. The molecule has 0 aromatic heterocycles. The summed E-state index contributed by atoms with van der Waals surface area (Å²) in [7, 11) is 0. The van der Waals surface area contributed by atoms with E-state index in [-0.39, 0.29) is 17.9 Å². The van der Waals surface area contributed by atoms with Crippen LogP contribution in [0.3, 0.4) is 0 Å². The fraction of sp³-hybridized carbons (Fsp3) is 0.348. The van der Waals surface area contributed by atoms with Crippen LogP contribution in [0.1, 0.15) is 55.3 Å². The van der Waals surface area contributed by atoms with Gasteiger partial charge in [0.1, 0.15) is 0 Å². The third-order valence-electron chi connectivity index (χ3n) is 5.52. The van der Waals surface area contributed by atoms with Crippen molar-refractivity contribution in [2.45, 2.75) is 44.8 Å². The van der Waals surface area contributed by atoms with Gasteiger partial charge in [-0.1, -0.05) is 56.3 Å². The maximum atomic E-state index is 12.6. The highest BCUT2D eigenvalue weighted by Crippen LogP contribution is 2.34. The van der Waals surface area contributed by atoms with Crippen molar-refractivity contribution in [3.05, 3.63) is 65.2 Å². The molecule has 156 valence electrons. The van der Waals surface area contributed by atoms with Gasteiger partial charge in [-0.25, -0.2) is 4.79 Å². The van der Waals surface area contributed by atoms with Crippen LogP contribution >= 0.6 is 0 Å². The van der Waals surface area contributed by atoms with Crippen molar-refractivity contribution in [1.82, 2.24) is 16.0 Å². The normalized spacial score (nSPS) is 19.2. The summed E-state index contributed by atoms with van der Waals surface area (Å²) in [5.41, 5.74) is 3.69. The summed E-state index contributed by atoms with van der Waals surface area (Å²) in [5, 5.41) is 11.0. The van der Waals surface area contributed by atoms with Gasteiger partial charge in [-0.2, -0.15) is 0 Å². The Labute approximate surface area is 175 Å². The van der Waals surface area contributed by atoms with Crippen LogP contribution in [0.2, 0.25) is 0 Å². The molecule has 1 heterocycles. The topological polar surface area (TPSA) is 99.3 Å². The van der Waals surface area contributed by atoms with Gasteiger partial charge >= 0.3 is 6.03 Å². The van der Waals surface area contributed by atoms with Gasteiger partial charge in [0.15, 0.2) is 6.17 Å². The highest BCUT2D eigenvalue weighted by atomic mass is 16.2. The molecule has 4 N–H and O–H groups in total. The van der Waals surface area contributed by atoms with Gasteiger partial charge in [0.2, 0.25) is 5.91 Å². The Morgan fingerprint density at radius 1 is 1.00 bits per heavy atom. The van der Waals surface area contributed by atoms with E-state index in [9.17, 15) is 14.4 Å². The maximum Gasteiger partial charge on any atom is 0.323 e. The average Bonchev–Trinajstić information content (AvgIpc) is 3.53. The van der Waals surface area contributed by atoms with Crippen LogP contribution in [-0.4, -0.2) is 24.0 Å². The van der Waals surface area contributed by atoms with Crippen LogP contribution in [0.5, 0.6) is 0 Å². The van der Waals surface area contributed by atoms with Gasteiger partial charge in [0, 0.05) is 17.2 Å². The first-order chi connectivity index (χ1) is 14.4. The minimum atomic E-state index is -0.859. The van der Waals surface area contributed by atoms with Crippen molar-refractivity contribution in [2.75, 3.05) is 5.32 Å². The lowest BCUT2D eigenvalue weighted by Crippen LogP contribution is -2.38. The van der Waals surface area contributed by atoms with Gasteiger partial charge in [0.25, 0.3) is 5.91 Å². The van der Waals surface area contributed by atoms with Crippen molar-refractivity contribution in [2.24, 2.45) is 5.92 Å². The molecule has 1 unspecified atom stereocenters. The number of urea groups is 1. The van der Waals surface area contributed by atoms with E-state index in [1.807, 2.05) is 36.4 Å². The summed E-state index contributed by atoms with van der Waals surface area (Å²) < 4.78 is 0. The number of hydrogen-bond acceptors (Lipinski definition) is 4. The zero-order valence-corrected chi connectivity index (χ0v) is 17.1. The minimum absolute atomic E-state index is 0.0367. The lowest BCUT2D eigenvalue weighted by Gasteiger charge is -2.24. The molecule has 1 aliphatic heterocycles. The number of anilines is 1. The van der Waals surface area contributed by atoms with Crippen molar-refractivity contribution >= 4 is 23.5 Å². The standard InChI is InChI=1S/C23H26N4O3/c1-13(2)14-7-9-15(10-8-14)19(25-21(28)16-11-12-16)17-5-3-4-6-18(17)24-20-22(29)27-23(30)26-20/h3-10,13,16,19-20,24H,11-12H2,1-2H3,(H,25,28)(H2,26,27,29,30)/t19-,20?/m1/s1. The molecule has 7 nitrogen and oxygen atoms in total. The summed E-state index contributed by atoms with van der Waals surface area (Å²) in [6.45, 7) is 4.28. The van der Waals surface area contributed by atoms with Crippen LogP contribution in [-0.2, 0) is 9.59 Å². The van der Waals surface area contributed by atoms with Crippen LogP contribution in [0, 0.1) is 5.92 Å². The lowest BCUT2D eigenvalue weighted by atomic mass is 9.94. The molecule has 2 aromatic carbocycles. The molecule has 2 atom stereocenters. The molecule has 0 bridgehead atoms. The predicted octanol–water partition coefficient (Wildman–Crippen LogP) is 3.00. The van der Waals surface area contributed by atoms with Crippen LogP contribution < -0.4 is 21.3 Å². The summed E-state index contributed by atoms with van der Waals surface area (Å²) in [6.07, 6.45) is 0.972. The molecule has 1 saturated heterocycles. The molecule has 4 rings (SSSR count). The van der Waals surface area contributed by atoms with E-state index in [1.54, 1.807) is 0 Å². The number of para-hydroxylation sites is 1. The van der Waals surface area contributed by atoms with Crippen molar-refractivity contribution < 1.29 is 14.4 Å². The minimum Gasteiger partial charge on any atom is -0.357 e. The first kappa shape index (κ1) is 19.9. The van der Waals surface area contributed by atoms with E-state index >= 15 is 0 Å². The van der Waals surface area contributed by atoms with Gasteiger partial charge < -0.3 is 16.0 Å². The number of amides is 4. The summed E-state index contributed by atoms with van der Waals surface area (Å²) in [5.74, 6) is 0.0868. The quantitative estimate of drug-likeness (QED) is 0.531. The largest absolute Gasteiger partial charge is 0.357 e. The van der Waals surface area contributed by atoms with E-state index in [4.69, 9.17) is 0 Å². The van der Waals surface area contributed by atoms with Gasteiger partial charge in [-0.15, -0.1) is 0 Å². The first-order valence-electron chi connectivity index (χ1n) is 10.3. The fourth-order valence-corrected chi connectivity index (χ4v) is 3.57. The number of nitrogens with one attached hydrogen (secondary N) is 4. The Morgan fingerprint density at radius 2 is 1.67 bits per heavy atom. The molecule has 4 amide bonds. The lowest BCUT2D eigenvalue weighted by molar-refractivity contribution is -0.123. The van der Waals surface area contributed by atoms with Crippen molar-refractivity contribution in [3.63, 3.8) is 0 Å². The second kappa shape index (κ2) is 8.18. The third-order valence-corrected chi connectivity index (χ3v) is 5.52. The molecule has 0 radical (unpaired) electrons. The molecule has 0 spiro atoms.